The number of hydrogen-bond acceptors (Lipinski definition) is 5. The van der Waals surface area contributed by atoms with Crippen LogP contribution in [0.3, 0.4) is 0 Å². The maximum atomic E-state index is 13.5. The zero-order valence-electron chi connectivity index (χ0n) is 19.8. The van der Waals surface area contributed by atoms with Gasteiger partial charge in [0, 0.05) is 29.0 Å². The third-order valence-electron chi connectivity index (χ3n) is 6.82. The van der Waals surface area contributed by atoms with E-state index in [-0.39, 0.29) is 23.3 Å². The van der Waals surface area contributed by atoms with Crippen LogP contribution in [0.1, 0.15) is 84.1 Å². The van der Waals surface area contributed by atoms with Crippen molar-refractivity contribution in [1.29, 1.82) is 0 Å². The zero-order chi connectivity index (χ0) is 22.9. The minimum atomic E-state index is -0.478. The number of allylic oxidation sites excluding steroid dienone is 3. The van der Waals surface area contributed by atoms with E-state index in [9.17, 15) is 9.59 Å². The van der Waals surface area contributed by atoms with Gasteiger partial charge in [-0.15, -0.1) is 0 Å². The number of esters is 1. The first kappa shape index (κ1) is 22.6. The van der Waals surface area contributed by atoms with Crippen molar-refractivity contribution in [1.82, 2.24) is 5.32 Å². The van der Waals surface area contributed by atoms with Gasteiger partial charge >= 0.3 is 5.97 Å². The molecule has 3 aliphatic rings. The van der Waals surface area contributed by atoms with Crippen LogP contribution in [0, 0.1) is 5.41 Å². The van der Waals surface area contributed by atoms with Crippen molar-refractivity contribution in [3.8, 4) is 5.75 Å². The number of carbonyl (C=O) groups excluding carboxylic acids is 2. The van der Waals surface area contributed by atoms with Gasteiger partial charge in [0.15, 0.2) is 5.78 Å². The number of nitrogens with one attached hydrogen (secondary N) is 1. The van der Waals surface area contributed by atoms with Crippen molar-refractivity contribution < 1.29 is 19.1 Å². The van der Waals surface area contributed by atoms with Crippen molar-refractivity contribution in [3.63, 3.8) is 0 Å². The molecule has 32 heavy (non-hydrogen) atoms. The highest BCUT2D eigenvalue weighted by atomic mass is 16.5. The van der Waals surface area contributed by atoms with Gasteiger partial charge in [0.1, 0.15) is 11.9 Å². The maximum Gasteiger partial charge on any atom is 0.337 e. The minimum absolute atomic E-state index is 0.0456. The van der Waals surface area contributed by atoms with Crippen molar-refractivity contribution in [3.05, 3.63) is 52.4 Å². The topological polar surface area (TPSA) is 64.6 Å². The summed E-state index contributed by atoms with van der Waals surface area (Å²) >= 11 is 0. The van der Waals surface area contributed by atoms with E-state index in [1.807, 2.05) is 38.1 Å². The van der Waals surface area contributed by atoms with Crippen LogP contribution in [-0.4, -0.2) is 24.5 Å². The normalized spacial score (nSPS) is 23.5. The molecule has 1 aliphatic heterocycles. The molecule has 1 fully saturated rings. The first-order valence-corrected chi connectivity index (χ1v) is 12.0. The fourth-order valence-electron chi connectivity index (χ4n) is 5.42. The highest BCUT2D eigenvalue weighted by Gasteiger charge is 2.44. The average Bonchev–Trinajstić information content (AvgIpc) is 2.73. The van der Waals surface area contributed by atoms with Crippen molar-refractivity contribution in [2.75, 3.05) is 6.61 Å². The number of rotatable bonds is 5. The fourth-order valence-corrected chi connectivity index (χ4v) is 5.42. The summed E-state index contributed by atoms with van der Waals surface area (Å²) in [6.45, 7) is 8.61. The van der Waals surface area contributed by atoms with Gasteiger partial charge in [0.2, 0.25) is 0 Å². The van der Waals surface area contributed by atoms with E-state index in [4.69, 9.17) is 9.47 Å². The van der Waals surface area contributed by atoms with Crippen LogP contribution in [0.25, 0.3) is 0 Å². The van der Waals surface area contributed by atoms with E-state index >= 15 is 0 Å². The molecule has 1 aromatic carbocycles. The lowest BCUT2D eigenvalue weighted by atomic mass is 9.68. The van der Waals surface area contributed by atoms with Crippen LogP contribution in [-0.2, 0) is 14.3 Å². The molecule has 1 unspecified atom stereocenters. The Bertz CT molecular complexity index is 966. The molecule has 4 rings (SSSR count). The summed E-state index contributed by atoms with van der Waals surface area (Å²) in [7, 11) is 0. The molecule has 0 aromatic heterocycles. The second-order valence-corrected chi connectivity index (χ2v) is 10.1. The Morgan fingerprint density at radius 2 is 1.84 bits per heavy atom. The van der Waals surface area contributed by atoms with E-state index in [1.165, 1.54) is 6.42 Å². The fraction of sp³-hybridized carbons (Fsp3) is 0.556. The van der Waals surface area contributed by atoms with E-state index in [0.717, 1.165) is 49.1 Å². The molecule has 1 heterocycles. The second kappa shape index (κ2) is 9.13. The monoisotopic (exact) mass is 437 g/mol. The predicted molar refractivity (Wildman–Crippen MR) is 124 cm³/mol. The second-order valence-electron chi connectivity index (χ2n) is 10.1. The largest absolute Gasteiger partial charge is 0.494 e. The Kier molecular flexibility index (Phi) is 6.45. The van der Waals surface area contributed by atoms with Crippen LogP contribution >= 0.6 is 0 Å². The SMILES string of the molecule is CCOc1ccccc1C1C(C(=O)OC2CCCCC2)=C(C)NC2=C1C(=O)CC(C)(C)C2. The first-order chi connectivity index (χ1) is 15.3. The molecule has 5 nitrogen and oxygen atoms in total. The molecule has 0 saturated heterocycles. The molecule has 1 aromatic rings. The third kappa shape index (κ3) is 4.48. The molecule has 0 spiro atoms. The highest BCUT2D eigenvalue weighted by molar-refractivity contribution is 6.04. The standard InChI is InChI=1S/C27H35NO4/c1-5-31-22-14-10-9-13-19(22)24-23(26(30)32-18-11-7-6-8-12-18)17(2)28-20-15-27(3,4)16-21(29)25(20)24/h9-10,13-14,18,24,28H,5-8,11-12,15-16H2,1-4H3. The summed E-state index contributed by atoms with van der Waals surface area (Å²) in [6, 6.07) is 7.75. The number of Topliss-reactive ketones (excluding diaryl/α,β-unsaturated/α-hetero) is 1. The Morgan fingerprint density at radius 1 is 1.12 bits per heavy atom. The quantitative estimate of drug-likeness (QED) is 0.611. The predicted octanol–water partition coefficient (Wildman–Crippen LogP) is 5.57. The van der Waals surface area contributed by atoms with Gasteiger partial charge < -0.3 is 14.8 Å². The lowest BCUT2D eigenvalue weighted by molar-refractivity contribution is -0.146. The number of ether oxygens (including phenoxy) is 2. The summed E-state index contributed by atoms with van der Waals surface area (Å²) in [5, 5.41) is 3.42. The van der Waals surface area contributed by atoms with Gasteiger partial charge in [-0.1, -0.05) is 38.5 Å². The summed E-state index contributed by atoms with van der Waals surface area (Å²) in [5.74, 6) is 0.00810. The Labute approximate surface area is 191 Å². The smallest absolute Gasteiger partial charge is 0.337 e. The van der Waals surface area contributed by atoms with Crippen LogP contribution in [0.5, 0.6) is 5.75 Å². The zero-order valence-corrected chi connectivity index (χ0v) is 19.8. The number of para-hydroxylation sites is 1. The van der Waals surface area contributed by atoms with Crippen molar-refractivity contribution >= 4 is 11.8 Å². The van der Waals surface area contributed by atoms with Gasteiger partial charge in [-0.3, -0.25) is 4.79 Å². The third-order valence-corrected chi connectivity index (χ3v) is 6.82. The van der Waals surface area contributed by atoms with Gasteiger partial charge in [0.25, 0.3) is 0 Å². The molecule has 0 radical (unpaired) electrons. The Hall–Kier alpha value is -2.56. The van der Waals surface area contributed by atoms with E-state index in [0.29, 0.717) is 29.9 Å². The Balaban J connectivity index is 1.80. The molecule has 172 valence electrons. The molecular formula is C27H35NO4. The summed E-state index contributed by atoms with van der Waals surface area (Å²) in [5.41, 5.74) is 3.66. The molecule has 0 amide bonds. The summed E-state index contributed by atoms with van der Waals surface area (Å²) in [6.07, 6.45) is 6.38. The van der Waals surface area contributed by atoms with Crippen LogP contribution in [0.2, 0.25) is 0 Å². The minimum Gasteiger partial charge on any atom is -0.494 e. The molecular weight excluding hydrogens is 402 g/mol. The molecule has 1 saturated carbocycles. The van der Waals surface area contributed by atoms with Crippen LogP contribution < -0.4 is 10.1 Å². The van der Waals surface area contributed by atoms with E-state index in [1.54, 1.807) is 0 Å². The van der Waals surface area contributed by atoms with Crippen LogP contribution in [0.4, 0.5) is 0 Å². The van der Waals surface area contributed by atoms with Gasteiger partial charge in [-0.2, -0.15) is 0 Å². The van der Waals surface area contributed by atoms with Gasteiger partial charge in [-0.05, 0) is 57.4 Å². The number of ketones is 1. The molecule has 0 bridgehead atoms. The highest BCUT2D eigenvalue weighted by Crippen LogP contribution is 2.48. The molecule has 5 heteroatoms. The van der Waals surface area contributed by atoms with E-state index in [2.05, 4.69) is 19.2 Å². The first-order valence-electron chi connectivity index (χ1n) is 12.0. The van der Waals surface area contributed by atoms with Crippen LogP contribution in [0.15, 0.2) is 46.8 Å². The van der Waals surface area contributed by atoms with E-state index < -0.39 is 5.92 Å². The average molecular weight is 438 g/mol. The van der Waals surface area contributed by atoms with Crippen molar-refractivity contribution in [2.45, 2.75) is 84.7 Å². The molecule has 1 atom stereocenters. The maximum absolute atomic E-state index is 13.5. The van der Waals surface area contributed by atoms with Gasteiger partial charge in [-0.25, -0.2) is 4.79 Å². The number of dihydropyridines is 1. The summed E-state index contributed by atoms with van der Waals surface area (Å²) < 4.78 is 11.9. The van der Waals surface area contributed by atoms with Gasteiger partial charge in [0.05, 0.1) is 18.1 Å². The lowest BCUT2D eigenvalue weighted by Crippen LogP contribution is -2.39. The summed E-state index contributed by atoms with van der Waals surface area (Å²) in [4.78, 5) is 27.0. The Morgan fingerprint density at radius 3 is 2.56 bits per heavy atom. The molecule has 2 aliphatic carbocycles. The number of benzene rings is 1. The molecule has 1 N–H and O–H groups in total. The number of carbonyl (C=O) groups is 2. The lowest BCUT2D eigenvalue weighted by Gasteiger charge is -2.40. The van der Waals surface area contributed by atoms with Crippen molar-refractivity contribution in [2.24, 2.45) is 5.41 Å². The number of hydrogen-bond donors (Lipinski definition) is 1.